The molecule has 4 rings (SSSR count). The molecule has 10 heteroatoms. The first-order valence-electron chi connectivity index (χ1n) is 10.3. The summed E-state index contributed by atoms with van der Waals surface area (Å²) < 4.78 is 58.0. The van der Waals surface area contributed by atoms with Crippen LogP contribution in [-0.4, -0.2) is 30.4 Å². The van der Waals surface area contributed by atoms with Gasteiger partial charge in [0.25, 0.3) is 5.76 Å². The lowest BCUT2D eigenvalue weighted by molar-refractivity contribution is -0.928. The van der Waals surface area contributed by atoms with Crippen molar-refractivity contribution in [2.75, 3.05) is 13.1 Å². The first kappa shape index (κ1) is 23.4. The summed E-state index contributed by atoms with van der Waals surface area (Å²) >= 11 is 6.00. The number of halogens is 4. The lowest BCUT2D eigenvalue weighted by Crippen LogP contribution is -3.14. The van der Waals surface area contributed by atoms with E-state index in [1.807, 2.05) is 13.8 Å². The number of hydrogen-bond acceptors (Lipinski definition) is 5. The molecule has 1 fully saturated rings. The van der Waals surface area contributed by atoms with Crippen LogP contribution in [0.1, 0.15) is 25.2 Å². The summed E-state index contributed by atoms with van der Waals surface area (Å²) in [4.78, 5) is 14.1. The molecule has 2 N–H and O–H groups in total. The molecule has 1 aliphatic rings. The molecule has 0 amide bonds. The molecule has 176 valence electrons. The minimum atomic E-state index is -5.03. The zero-order valence-corrected chi connectivity index (χ0v) is 18.6. The van der Waals surface area contributed by atoms with Gasteiger partial charge in [0.1, 0.15) is 43.3 Å². The van der Waals surface area contributed by atoms with Crippen molar-refractivity contribution in [3.63, 3.8) is 0 Å². The molecule has 0 radical (unpaired) electrons. The standard InChI is InChI=1S/C23H21ClF3NO5/c1-12-9-28(10-13(2)31-12)11-15-17(29)8-7-14-19(30)21(22(23(25,26)27)33-20(14)15)32-18-6-4-3-5-16(18)24/h3-8,12-13,29H,9-11H2,1-2H3/p+1. The molecule has 0 aliphatic carbocycles. The first-order valence-corrected chi connectivity index (χ1v) is 10.7. The van der Waals surface area contributed by atoms with Crippen molar-refractivity contribution in [1.82, 2.24) is 0 Å². The van der Waals surface area contributed by atoms with Crippen molar-refractivity contribution >= 4 is 22.6 Å². The Morgan fingerprint density at radius 3 is 2.45 bits per heavy atom. The summed E-state index contributed by atoms with van der Waals surface area (Å²) in [6.45, 7) is 5.14. The van der Waals surface area contributed by atoms with Crippen molar-refractivity contribution in [3.05, 3.63) is 63.0 Å². The van der Waals surface area contributed by atoms with Crippen LogP contribution in [0.5, 0.6) is 17.2 Å². The van der Waals surface area contributed by atoms with E-state index < -0.39 is 23.1 Å². The third-order valence-electron chi connectivity index (χ3n) is 5.45. The smallest absolute Gasteiger partial charge is 0.453 e. The van der Waals surface area contributed by atoms with Crippen molar-refractivity contribution in [1.29, 1.82) is 0 Å². The van der Waals surface area contributed by atoms with Crippen LogP contribution in [0.2, 0.25) is 5.02 Å². The minimum absolute atomic E-state index is 0.0377. The highest BCUT2D eigenvalue weighted by molar-refractivity contribution is 6.32. The molecule has 2 aromatic carbocycles. The largest absolute Gasteiger partial charge is 0.507 e. The molecule has 1 aliphatic heterocycles. The third kappa shape index (κ3) is 4.80. The molecule has 0 spiro atoms. The van der Waals surface area contributed by atoms with Crippen LogP contribution in [0.15, 0.2) is 45.6 Å². The number of ether oxygens (including phenoxy) is 2. The second kappa shape index (κ2) is 8.89. The Labute approximate surface area is 192 Å². The Morgan fingerprint density at radius 2 is 1.82 bits per heavy atom. The first-order chi connectivity index (χ1) is 15.5. The minimum Gasteiger partial charge on any atom is -0.507 e. The number of fused-ring (bicyclic) bond motifs is 1. The highest BCUT2D eigenvalue weighted by atomic mass is 35.5. The Bertz CT molecular complexity index is 1230. The van der Waals surface area contributed by atoms with Crippen LogP contribution >= 0.6 is 11.6 Å². The number of aromatic hydroxyl groups is 1. The highest BCUT2D eigenvalue weighted by Gasteiger charge is 2.41. The summed E-state index contributed by atoms with van der Waals surface area (Å²) in [5.74, 6) is -2.97. The van der Waals surface area contributed by atoms with Gasteiger partial charge in [0.2, 0.25) is 11.2 Å². The maximum atomic E-state index is 13.9. The van der Waals surface area contributed by atoms with Gasteiger partial charge in [-0.05, 0) is 38.1 Å². The molecule has 2 heterocycles. The predicted molar refractivity (Wildman–Crippen MR) is 115 cm³/mol. The fourth-order valence-electron chi connectivity index (χ4n) is 4.16. The Hall–Kier alpha value is -2.75. The fourth-order valence-corrected chi connectivity index (χ4v) is 4.33. The second-order valence-corrected chi connectivity index (χ2v) is 8.56. The average Bonchev–Trinajstić information content (AvgIpc) is 2.72. The SMILES string of the molecule is CC1C[NH+](Cc2c(O)ccc3c(=O)c(Oc4ccccc4Cl)c(C(F)(F)F)oc23)CC(C)O1. The predicted octanol–water partition coefficient (Wildman–Crippen LogP) is 4.16. The van der Waals surface area contributed by atoms with Gasteiger partial charge in [0, 0.05) is 0 Å². The number of benzene rings is 2. The summed E-state index contributed by atoms with van der Waals surface area (Å²) in [6.07, 6.45) is -5.15. The molecular weight excluding hydrogens is 463 g/mol. The molecule has 2 atom stereocenters. The molecule has 0 saturated carbocycles. The molecule has 33 heavy (non-hydrogen) atoms. The van der Waals surface area contributed by atoms with Crippen LogP contribution in [-0.2, 0) is 17.5 Å². The van der Waals surface area contributed by atoms with Crippen LogP contribution in [0, 0.1) is 0 Å². The van der Waals surface area contributed by atoms with E-state index in [-0.39, 0.29) is 51.8 Å². The Morgan fingerprint density at radius 1 is 1.15 bits per heavy atom. The van der Waals surface area contributed by atoms with E-state index in [1.165, 1.54) is 30.3 Å². The van der Waals surface area contributed by atoms with Crippen LogP contribution in [0.25, 0.3) is 11.0 Å². The van der Waals surface area contributed by atoms with Gasteiger partial charge < -0.3 is 23.9 Å². The summed E-state index contributed by atoms with van der Waals surface area (Å²) in [6, 6.07) is 8.36. The maximum absolute atomic E-state index is 13.9. The van der Waals surface area contributed by atoms with Crippen LogP contribution < -0.4 is 15.1 Å². The maximum Gasteiger partial charge on any atom is 0.453 e. The monoisotopic (exact) mass is 484 g/mol. The zero-order chi connectivity index (χ0) is 23.9. The fraction of sp³-hybridized carbons (Fsp3) is 0.348. The normalized spacial score (nSPS) is 21.3. The van der Waals surface area contributed by atoms with Crippen molar-refractivity contribution < 1.29 is 37.1 Å². The third-order valence-corrected chi connectivity index (χ3v) is 5.76. The highest BCUT2D eigenvalue weighted by Crippen LogP contribution is 2.40. The average molecular weight is 485 g/mol. The lowest BCUT2D eigenvalue weighted by atomic mass is 10.1. The lowest BCUT2D eigenvalue weighted by Gasteiger charge is -2.32. The molecule has 0 bridgehead atoms. The van der Waals surface area contributed by atoms with E-state index >= 15 is 0 Å². The summed E-state index contributed by atoms with van der Waals surface area (Å²) in [7, 11) is 0. The molecule has 1 aromatic heterocycles. The van der Waals surface area contributed by atoms with E-state index in [1.54, 1.807) is 6.07 Å². The number of phenols is 1. The van der Waals surface area contributed by atoms with Gasteiger partial charge in [0.15, 0.2) is 5.58 Å². The van der Waals surface area contributed by atoms with Gasteiger partial charge >= 0.3 is 6.18 Å². The number of para-hydroxylation sites is 1. The van der Waals surface area contributed by atoms with Gasteiger partial charge in [0.05, 0.1) is 16.0 Å². The van der Waals surface area contributed by atoms with Gasteiger partial charge in [-0.15, -0.1) is 0 Å². The van der Waals surface area contributed by atoms with E-state index in [0.717, 1.165) is 4.90 Å². The van der Waals surface area contributed by atoms with E-state index in [4.69, 9.17) is 25.5 Å². The molecule has 3 aromatic rings. The van der Waals surface area contributed by atoms with Gasteiger partial charge in [-0.1, -0.05) is 23.7 Å². The number of hydrogen-bond donors (Lipinski definition) is 2. The van der Waals surface area contributed by atoms with Crippen LogP contribution in [0.3, 0.4) is 0 Å². The van der Waals surface area contributed by atoms with Crippen molar-refractivity contribution in [3.8, 4) is 17.2 Å². The number of morpholine rings is 1. The van der Waals surface area contributed by atoms with Gasteiger partial charge in [-0.3, -0.25) is 4.79 Å². The topological polar surface area (TPSA) is 73.3 Å². The molecule has 6 nitrogen and oxygen atoms in total. The number of rotatable bonds is 4. The van der Waals surface area contributed by atoms with E-state index in [0.29, 0.717) is 13.1 Å². The van der Waals surface area contributed by atoms with E-state index in [2.05, 4.69) is 0 Å². The van der Waals surface area contributed by atoms with E-state index in [9.17, 15) is 23.1 Å². The summed E-state index contributed by atoms with van der Waals surface area (Å²) in [5, 5.41) is 10.4. The van der Waals surface area contributed by atoms with Gasteiger partial charge in [-0.25, -0.2) is 0 Å². The summed E-state index contributed by atoms with van der Waals surface area (Å²) in [5.41, 5.74) is -1.21. The molecule has 1 saturated heterocycles. The number of quaternary nitrogens is 1. The van der Waals surface area contributed by atoms with Crippen molar-refractivity contribution in [2.24, 2.45) is 0 Å². The zero-order valence-electron chi connectivity index (χ0n) is 17.8. The van der Waals surface area contributed by atoms with Crippen molar-refractivity contribution in [2.45, 2.75) is 38.8 Å². The number of phenolic OH excluding ortho intramolecular Hbond substituents is 1. The number of alkyl halides is 3. The second-order valence-electron chi connectivity index (χ2n) is 8.15. The Kier molecular flexibility index (Phi) is 6.30. The van der Waals surface area contributed by atoms with Gasteiger partial charge in [-0.2, -0.15) is 13.2 Å². The molecular formula is C23H22ClF3NO5+. The molecule has 2 unspecified atom stereocenters. The number of nitrogens with one attached hydrogen (secondary N) is 1. The van der Waals surface area contributed by atoms with Crippen LogP contribution in [0.4, 0.5) is 13.2 Å². The quantitative estimate of drug-likeness (QED) is 0.582. The Balaban J connectivity index is 1.87.